The van der Waals surface area contributed by atoms with E-state index in [2.05, 4.69) is 22.9 Å². The zero-order chi connectivity index (χ0) is 20.9. The molecule has 0 amide bonds. The lowest BCUT2D eigenvalue weighted by atomic mass is 10.1. The molecule has 0 bridgehead atoms. The Morgan fingerprint density at radius 3 is 2.14 bits per heavy atom. The van der Waals surface area contributed by atoms with E-state index in [1.54, 1.807) is 6.08 Å². The monoisotopic (exact) mass is 394 g/mol. The first-order chi connectivity index (χ1) is 14.0. The van der Waals surface area contributed by atoms with E-state index in [0.717, 1.165) is 11.1 Å². The summed E-state index contributed by atoms with van der Waals surface area (Å²) >= 11 is 0. The summed E-state index contributed by atoms with van der Waals surface area (Å²) in [6, 6.07) is 16.1. The standard InChI is InChI=1S/C23H26N2O4/c1-18-8-4-10-21(16-18)12-6-14-27-24-20(3)23(26)29-25-28-15-7-13-22-11-5-9-19(2)17-22/h4-13,16-17,25H,14-15H2,1-3H3/b12-6+,13-7+,24-20?. The van der Waals surface area contributed by atoms with Crippen molar-refractivity contribution >= 4 is 23.8 Å². The molecule has 0 aliphatic carbocycles. The summed E-state index contributed by atoms with van der Waals surface area (Å²) in [4.78, 5) is 26.6. The van der Waals surface area contributed by atoms with Crippen molar-refractivity contribution in [2.75, 3.05) is 13.2 Å². The molecule has 0 atom stereocenters. The van der Waals surface area contributed by atoms with Crippen LogP contribution < -0.4 is 5.64 Å². The molecule has 0 radical (unpaired) electrons. The van der Waals surface area contributed by atoms with E-state index in [4.69, 9.17) is 14.5 Å². The van der Waals surface area contributed by atoms with Crippen LogP contribution in [0.5, 0.6) is 0 Å². The molecule has 2 aromatic rings. The topological polar surface area (TPSA) is 69.2 Å². The van der Waals surface area contributed by atoms with E-state index < -0.39 is 5.97 Å². The molecule has 6 nitrogen and oxygen atoms in total. The van der Waals surface area contributed by atoms with Gasteiger partial charge in [0.25, 0.3) is 0 Å². The number of aryl methyl sites for hydroxylation is 2. The van der Waals surface area contributed by atoms with E-state index in [1.807, 2.05) is 68.5 Å². The van der Waals surface area contributed by atoms with Crippen molar-refractivity contribution in [3.8, 4) is 0 Å². The van der Waals surface area contributed by atoms with Crippen LogP contribution in [-0.2, 0) is 19.3 Å². The second kappa shape index (κ2) is 12.3. The number of nitrogens with zero attached hydrogens (tertiary/aromatic N) is 1. The minimum absolute atomic E-state index is 0.0698. The molecule has 1 N–H and O–H groups in total. The predicted octanol–water partition coefficient (Wildman–Crippen LogP) is 4.40. The van der Waals surface area contributed by atoms with Crippen LogP contribution in [0.1, 0.15) is 29.2 Å². The van der Waals surface area contributed by atoms with Crippen LogP contribution in [0.2, 0.25) is 0 Å². The third-order valence-corrected chi connectivity index (χ3v) is 3.75. The Kier molecular flexibility index (Phi) is 9.35. The van der Waals surface area contributed by atoms with Gasteiger partial charge in [0.05, 0.1) is 6.61 Å². The number of hydrogen-bond acceptors (Lipinski definition) is 6. The van der Waals surface area contributed by atoms with Gasteiger partial charge in [-0.25, -0.2) is 4.79 Å². The first kappa shape index (κ1) is 22.1. The molecule has 0 heterocycles. The number of benzene rings is 2. The maximum Gasteiger partial charge on any atom is 0.376 e. The maximum absolute atomic E-state index is 11.7. The Balaban J connectivity index is 1.61. The maximum atomic E-state index is 11.7. The second-order valence-corrected chi connectivity index (χ2v) is 6.39. The highest BCUT2D eigenvalue weighted by molar-refractivity contribution is 6.35. The minimum atomic E-state index is -0.685. The molecule has 0 saturated carbocycles. The summed E-state index contributed by atoms with van der Waals surface area (Å²) in [6.45, 7) is 6.03. The average molecular weight is 394 g/mol. The minimum Gasteiger partial charge on any atom is -0.391 e. The van der Waals surface area contributed by atoms with E-state index in [9.17, 15) is 4.79 Å². The molecule has 2 rings (SSSR count). The SMILES string of the molecule is CC(=NOC/C=C/c1cccc(C)c1)C(=O)ONOC/C=C/c1cccc(C)c1. The molecule has 0 fully saturated rings. The summed E-state index contributed by atoms with van der Waals surface area (Å²) in [5, 5.41) is 3.72. The van der Waals surface area contributed by atoms with E-state index >= 15 is 0 Å². The number of oxime groups is 1. The number of hydrogen-bond donors (Lipinski definition) is 1. The van der Waals surface area contributed by atoms with E-state index in [-0.39, 0.29) is 18.9 Å². The smallest absolute Gasteiger partial charge is 0.376 e. The van der Waals surface area contributed by atoms with Crippen LogP contribution in [-0.4, -0.2) is 24.9 Å². The fourth-order valence-corrected chi connectivity index (χ4v) is 2.35. The van der Waals surface area contributed by atoms with Gasteiger partial charge in [0.2, 0.25) is 0 Å². The quantitative estimate of drug-likeness (QED) is 0.367. The highest BCUT2D eigenvalue weighted by Crippen LogP contribution is 2.06. The fraction of sp³-hybridized carbons (Fsp3) is 0.217. The van der Waals surface area contributed by atoms with Gasteiger partial charge in [-0.1, -0.05) is 83.0 Å². The second-order valence-electron chi connectivity index (χ2n) is 6.39. The number of carbonyl (C=O) groups excluding carboxylic acids is 1. The van der Waals surface area contributed by atoms with Crippen molar-refractivity contribution in [2.45, 2.75) is 20.8 Å². The van der Waals surface area contributed by atoms with E-state index in [0.29, 0.717) is 0 Å². The summed E-state index contributed by atoms with van der Waals surface area (Å²) in [5.74, 6) is -0.685. The molecule has 0 aliphatic heterocycles. The van der Waals surface area contributed by atoms with Crippen LogP contribution >= 0.6 is 0 Å². The molecular formula is C23H26N2O4. The van der Waals surface area contributed by atoms with Gasteiger partial charge in [0.1, 0.15) is 6.61 Å². The first-order valence-corrected chi connectivity index (χ1v) is 9.25. The lowest BCUT2D eigenvalue weighted by molar-refractivity contribution is -0.180. The molecule has 6 heteroatoms. The first-order valence-electron chi connectivity index (χ1n) is 9.25. The Hall–Kier alpha value is -3.22. The van der Waals surface area contributed by atoms with Crippen LogP contribution in [0.25, 0.3) is 12.2 Å². The third-order valence-electron chi connectivity index (χ3n) is 3.75. The average Bonchev–Trinajstić information content (AvgIpc) is 2.70. The van der Waals surface area contributed by atoms with E-state index in [1.165, 1.54) is 18.1 Å². The van der Waals surface area contributed by atoms with Crippen molar-refractivity contribution in [2.24, 2.45) is 5.16 Å². The van der Waals surface area contributed by atoms with Crippen LogP contribution in [0, 0.1) is 13.8 Å². The van der Waals surface area contributed by atoms with Crippen molar-refractivity contribution in [1.82, 2.24) is 5.64 Å². The molecule has 0 spiro atoms. The summed E-state index contributed by atoms with van der Waals surface area (Å²) < 4.78 is 0. The summed E-state index contributed by atoms with van der Waals surface area (Å²) in [5.41, 5.74) is 6.73. The van der Waals surface area contributed by atoms with Crippen molar-refractivity contribution < 1.29 is 19.3 Å². The predicted molar refractivity (Wildman–Crippen MR) is 115 cm³/mol. The lowest BCUT2D eigenvalue weighted by Gasteiger charge is -2.04. The van der Waals surface area contributed by atoms with Crippen molar-refractivity contribution in [1.29, 1.82) is 0 Å². The normalized spacial score (nSPS) is 11.9. The molecule has 0 unspecified atom stereocenters. The van der Waals surface area contributed by atoms with Gasteiger partial charge in [-0.05, 0) is 43.6 Å². The molecule has 0 aliphatic rings. The van der Waals surface area contributed by atoms with Crippen LogP contribution in [0.3, 0.4) is 0 Å². The van der Waals surface area contributed by atoms with Crippen LogP contribution in [0.4, 0.5) is 0 Å². The van der Waals surface area contributed by atoms with Gasteiger partial charge in [-0.3, -0.25) is 4.84 Å². The zero-order valence-electron chi connectivity index (χ0n) is 16.9. The van der Waals surface area contributed by atoms with Crippen LogP contribution in [0.15, 0.2) is 65.8 Å². The highest BCUT2D eigenvalue weighted by Gasteiger charge is 2.08. The van der Waals surface area contributed by atoms with Gasteiger partial charge < -0.3 is 9.68 Å². The Morgan fingerprint density at radius 1 is 0.966 bits per heavy atom. The van der Waals surface area contributed by atoms with Crippen molar-refractivity contribution in [3.63, 3.8) is 0 Å². The van der Waals surface area contributed by atoms with Gasteiger partial charge >= 0.3 is 5.97 Å². The zero-order valence-corrected chi connectivity index (χ0v) is 16.9. The molecule has 2 aromatic carbocycles. The Morgan fingerprint density at radius 2 is 1.55 bits per heavy atom. The molecular weight excluding hydrogens is 368 g/mol. The summed E-state index contributed by atoms with van der Waals surface area (Å²) in [6.07, 6.45) is 7.47. The summed E-state index contributed by atoms with van der Waals surface area (Å²) in [7, 11) is 0. The Bertz CT molecular complexity index is 888. The van der Waals surface area contributed by atoms with Gasteiger partial charge in [0, 0.05) is 0 Å². The van der Waals surface area contributed by atoms with Gasteiger partial charge in [-0.15, -0.1) is 0 Å². The highest BCUT2D eigenvalue weighted by atomic mass is 16.9. The lowest BCUT2D eigenvalue weighted by Crippen LogP contribution is -2.25. The largest absolute Gasteiger partial charge is 0.391 e. The molecule has 152 valence electrons. The third kappa shape index (κ3) is 9.01. The molecule has 29 heavy (non-hydrogen) atoms. The molecule has 0 saturated heterocycles. The number of rotatable bonds is 10. The number of carbonyl (C=O) groups is 1. The van der Waals surface area contributed by atoms with Gasteiger partial charge in [-0.2, -0.15) is 0 Å². The Labute approximate surface area is 171 Å². The number of nitrogens with one attached hydrogen (secondary N) is 1. The fourth-order valence-electron chi connectivity index (χ4n) is 2.35. The van der Waals surface area contributed by atoms with Crippen molar-refractivity contribution in [3.05, 3.63) is 82.9 Å². The molecule has 0 aromatic heterocycles. The van der Waals surface area contributed by atoms with Gasteiger partial charge in [0.15, 0.2) is 5.71 Å².